The normalized spacial score (nSPS) is 11.5. The molecule has 0 saturated heterocycles. The summed E-state index contributed by atoms with van der Waals surface area (Å²) in [7, 11) is 0. The Labute approximate surface area is 171 Å². The SMILES string of the molecule is Cc1c(C(=O)O[C@H](C(=O)c2ccccc2)c2ccc(Cl)cc2)cccc1[N+](=O)[O-]. The lowest BCUT2D eigenvalue weighted by molar-refractivity contribution is -0.385. The third-order valence-electron chi connectivity index (χ3n) is 4.42. The lowest BCUT2D eigenvalue weighted by Crippen LogP contribution is -2.21. The van der Waals surface area contributed by atoms with Crippen LogP contribution in [0, 0.1) is 17.0 Å². The summed E-state index contributed by atoms with van der Waals surface area (Å²) in [6.07, 6.45) is -1.22. The van der Waals surface area contributed by atoms with Gasteiger partial charge >= 0.3 is 5.97 Å². The van der Waals surface area contributed by atoms with E-state index in [0.29, 0.717) is 16.1 Å². The summed E-state index contributed by atoms with van der Waals surface area (Å²) in [6, 6.07) is 18.9. The number of halogens is 1. The minimum atomic E-state index is -1.22. The third kappa shape index (κ3) is 4.50. The Kier molecular flexibility index (Phi) is 6.04. The third-order valence-corrected chi connectivity index (χ3v) is 4.67. The molecule has 0 aliphatic carbocycles. The van der Waals surface area contributed by atoms with E-state index in [1.807, 2.05) is 0 Å². The van der Waals surface area contributed by atoms with Crippen LogP contribution in [0.1, 0.15) is 37.9 Å². The molecular weight excluding hydrogens is 394 g/mol. The summed E-state index contributed by atoms with van der Waals surface area (Å²) < 4.78 is 5.54. The van der Waals surface area contributed by atoms with Crippen LogP contribution in [0.5, 0.6) is 0 Å². The van der Waals surface area contributed by atoms with Crippen molar-refractivity contribution in [3.8, 4) is 0 Å². The van der Waals surface area contributed by atoms with Crippen molar-refractivity contribution in [1.82, 2.24) is 0 Å². The molecule has 0 fully saturated rings. The van der Waals surface area contributed by atoms with E-state index in [1.54, 1.807) is 54.6 Å². The summed E-state index contributed by atoms with van der Waals surface area (Å²) in [6.45, 7) is 1.46. The molecule has 0 heterocycles. The fraction of sp³-hybridized carbons (Fsp3) is 0.0909. The first-order valence-electron chi connectivity index (χ1n) is 8.68. The molecule has 0 aliphatic heterocycles. The summed E-state index contributed by atoms with van der Waals surface area (Å²) >= 11 is 5.93. The highest BCUT2D eigenvalue weighted by molar-refractivity contribution is 6.30. The number of esters is 1. The van der Waals surface area contributed by atoms with Crippen molar-refractivity contribution in [3.63, 3.8) is 0 Å². The Balaban J connectivity index is 1.98. The highest BCUT2D eigenvalue weighted by atomic mass is 35.5. The zero-order chi connectivity index (χ0) is 21.0. The monoisotopic (exact) mass is 409 g/mol. The lowest BCUT2D eigenvalue weighted by atomic mass is 9.99. The van der Waals surface area contributed by atoms with Crippen LogP contribution in [0.15, 0.2) is 72.8 Å². The molecule has 3 rings (SSSR count). The molecule has 3 aromatic carbocycles. The Morgan fingerprint density at radius 1 is 0.966 bits per heavy atom. The van der Waals surface area contributed by atoms with Gasteiger partial charge in [-0.2, -0.15) is 0 Å². The van der Waals surface area contributed by atoms with Crippen molar-refractivity contribution in [3.05, 3.63) is 110 Å². The molecule has 0 aliphatic rings. The van der Waals surface area contributed by atoms with Gasteiger partial charge in [0.05, 0.1) is 10.5 Å². The molecule has 0 radical (unpaired) electrons. The zero-order valence-electron chi connectivity index (χ0n) is 15.4. The van der Waals surface area contributed by atoms with E-state index in [2.05, 4.69) is 0 Å². The van der Waals surface area contributed by atoms with Crippen molar-refractivity contribution in [2.75, 3.05) is 0 Å². The molecule has 0 unspecified atom stereocenters. The Bertz CT molecular complexity index is 1060. The minimum Gasteiger partial charge on any atom is -0.445 e. The van der Waals surface area contributed by atoms with Crippen LogP contribution in [0.3, 0.4) is 0 Å². The van der Waals surface area contributed by atoms with Crippen LogP contribution in [-0.4, -0.2) is 16.7 Å². The topological polar surface area (TPSA) is 86.5 Å². The number of hydrogen-bond donors (Lipinski definition) is 0. The fourth-order valence-electron chi connectivity index (χ4n) is 2.88. The van der Waals surface area contributed by atoms with E-state index in [1.165, 1.54) is 25.1 Å². The van der Waals surface area contributed by atoms with Gasteiger partial charge in [0.2, 0.25) is 5.78 Å². The van der Waals surface area contributed by atoms with Crippen LogP contribution in [0.2, 0.25) is 5.02 Å². The predicted octanol–water partition coefficient (Wildman–Crippen LogP) is 5.34. The van der Waals surface area contributed by atoms with Gasteiger partial charge in [-0.05, 0) is 25.1 Å². The Morgan fingerprint density at radius 3 is 2.24 bits per heavy atom. The highest BCUT2D eigenvalue weighted by Crippen LogP contribution is 2.28. The van der Waals surface area contributed by atoms with Crippen LogP contribution in [-0.2, 0) is 4.74 Å². The van der Waals surface area contributed by atoms with Gasteiger partial charge < -0.3 is 4.74 Å². The lowest BCUT2D eigenvalue weighted by Gasteiger charge is -2.18. The summed E-state index contributed by atoms with van der Waals surface area (Å²) in [4.78, 5) is 36.4. The van der Waals surface area contributed by atoms with E-state index in [0.717, 1.165) is 0 Å². The number of nitro groups is 1. The maximum atomic E-state index is 13.0. The number of carbonyl (C=O) groups is 2. The van der Waals surface area contributed by atoms with Crippen molar-refractivity contribution < 1.29 is 19.2 Å². The molecule has 3 aromatic rings. The molecule has 6 nitrogen and oxygen atoms in total. The summed E-state index contributed by atoms with van der Waals surface area (Å²) in [5, 5.41) is 11.6. The van der Waals surface area contributed by atoms with E-state index < -0.39 is 22.8 Å². The van der Waals surface area contributed by atoms with E-state index in [-0.39, 0.29) is 16.8 Å². The van der Waals surface area contributed by atoms with Gasteiger partial charge in [-0.3, -0.25) is 14.9 Å². The fourth-order valence-corrected chi connectivity index (χ4v) is 3.00. The molecule has 29 heavy (non-hydrogen) atoms. The first kappa shape index (κ1) is 20.2. The minimum absolute atomic E-state index is 0.0269. The number of nitrogens with zero attached hydrogens (tertiary/aromatic N) is 1. The standard InChI is InChI=1S/C22H16ClNO5/c1-14-18(8-5-9-19(14)24(27)28)22(26)29-21(16-10-12-17(23)13-11-16)20(25)15-6-3-2-4-7-15/h2-13,21H,1H3/t21-/m0/s1. The van der Waals surface area contributed by atoms with Gasteiger partial charge in [-0.1, -0.05) is 60.1 Å². The van der Waals surface area contributed by atoms with Gasteiger partial charge in [0.15, 0.2) is 6.10 Å². The van der Waals surface area contributed by atoms with Gasteiger partial charge in [0.1, 0.15) is 0 Å². The van der Waals surface area contributed by atoms with Crippen LogP contribution >= 0.6 is 11.6 Å². The van der Waals surface area contributed by atoms with Crippen molar-refractivity contribution in [2.45, 2.75) is 13.0 Å². The molecule has 0 bridgehead atoms. The number of ketones is 1. The summed E-state index contributed by atoms with van der Waals surface area (Å²) in [5.41, 5.74) is 0.816. The van der Waals surface area contributed by atoms with Crippen molar-refractivity contribution in [1.29, 1.82) is 0 Å². The van der Waals surface area contributed by atoms with E-state index in [9.17, 15) is 19.7 Å². The van der Waals surface area contributed by atoms with E-state index >= 15 is 0 Å². The maximum absolute atomic E-state index is 13.0. The Hall–Kier alpha value is -3.51. The average molecular weight is 410 g/mol. The first-order valence-corrected chi connectivity index (χ1v) is 9.06. The molecule has 146 valence electrons. The molecule has 0 N–H and O–H groups in total. The molecule has 0 saturated carbocycles. The number of hydrogen-bond acceptors (Lipinski definition) is 5. The number of nitro benzene ring substituents is 1. The predicted molar refractivity (Wildman–Crippen MR) is 108 cm³/mol. The maximum Gasteiger partial charge on any atom is 0.339 e. The molecule has 1 atom stereocenters. The second-order valence-corrected chi connectivity index (χ2v) is 6.71. The first-order chi connectivity index (χ1) is 13.9. The van der Waals surface area contributed by atoms with Crippen molar-refractivity contribution in [2.24, 2.45) is 0 Å². The van der Waals surface area contributed by atoms with Gasteiger partial charge in [-0.25, -0.2) is 4.79 Å². The van der Waals surface area contributed by atoms with Gasteiger partial charge in [-0.15, -0.1) is 0 Å². The zero-order valence-corrected chi connectivity index (χ0v) is 16.1. The second kappa shape index (κ2) is 8.67. The number of Topliss-reactive ketones (excluding diaryl/α,β-unsaturated/α-hetero) is 1. The number of carbonyl (C=O) groups excluding carboxylic acids is 2. The van der Waals surface area contributed by atoms with Crippen molar-refractivity contribution >= 4 is 29.0 Å². The van der Waals surface area contributed by atoms with Crippen LogP contribution in [0.4, 0.5) is 5.69 Å². The summed E-state index contributed by atoms with van der Waals surface area (Å²) in [5.74, 6) is -1.24. The number of rotatable bonds is 6. The van der Waals surface area contributed by atoms with Crippen LogP contribution in [0.25, 0.3) is 0 Å². The molecule has 0 spiro atoms. The second-order valence-electron chi connectivity index (χ2n) is 6.27. The highest BCUT2D eigenvalue weighted by Gasteiger charge is 2.28. The van der Waals surface area contributed by atoms with E-state index in [4.69, 9.17) is 16.3 Å². The largest absolute Gasteiger partial charge is 0.445 e. The number of benzene rings is 3. The smallest absolute Gasteiger partial charge is 0.339 e. The average Bonchev–Trinajstić information content (AvgIpc) is 2.72. The molecule has 0 aromatic heterocycles. The molecule has 0 amide bonds. The molecule has 7 heteroatoms. The van der Waals surface area contributed by atoms with Crippen LogP contribution < -0.4 is 0 Å². The Morgan fingerprint density at radius 2 is 1.62 bits per heavy atom. The van der Waals surface area contributed by atoms with Gasteiger partial charge in [0.25, 0.3) is 5.69 Å². The quantitative estimate of drug-likeness (QED) is 0.237. The van der Waals surface area contributed by atoms with Gasteiger partial charge in [0, 0.05) is 27.8 Å². The molecular formula is C22H16ClNO5. The number of ether oxygens (including phenoxy) is 1.